The minimum atomic E-state index is -0.729. The number of hydrogen-bond acceptors (Lipinski definition) is 7. The number of fused-ring (bicyclic) bond motifs is 1. The molecular weight excluding hydrogens is 421 g/mol. The third-order valence-corrected chi connectivity index (χ3v) is 5.27. The van der Waals surface area contributed by atoms with Crippen molar-refractivity contribution in [2.24, 2.45) is 0 Å². The van der Waals surface area contributed by atoms with Gasteiger partial charge in [-0.3, -0.25) is 14.4 Å². The molecule has 0 aliphatic carbocycles. The van der Waals surface area contributed by atoms with Crippen molar-refractivity contribution in [2.45, 2.75) is 19.4 Å². The van der Waals surface area contributed by atoms with E-state index in [1.54, 1.807) is 32.3 Å². The Kier molecular flexibility index (Phi) is 7.06. The van der Waals surface area contributed by atoms with Crippen molar-refractivity contribution in [3.63, 3.8) is 0 Å². The van der Waals surface area contributed by atoms with Gasteiger partial charge in [0.2, 0.25) is 17.7 Å². The molecule has 0 bridgehead atoms. The first-order valence-corrected chi connectivity index (χ1v) is 10.1. The number of amides is 1. The molecule has 0 radical (unpaired) electrons. The minimum Gasteiger partial charge on any atom is -0.673 e. The number of para-hydroxylation sites is 1. The summed E-state index contributed by atoms with van der Waals surface area (Å²) in [5.74, 6) is 0.539. The van der Waals surface area contributed by atoms with Crippen molar-refractivity contribution >= 4 is 23.0 Å². The van der Waals surface area contributed by atoms with E-state index in [1.807, 2.05) is 13.0 Å². The molecule has 1 amide bonds. The van der Waals surface area contributed by atoms with E-state index in [2.05, 4.69) is 10.6 Å². The molecule has 1 heterocycles. The number of anilines is 2. The zero-order valence-electron chi connectivity index (χ0n) is 18.8. The van der Waals surface area contributed by atoms with E-state index < -0.39 is 16.8 Å². The Morgan fingerprint density at radius 1 is 1.15 bits per heavy atom. The first kappa shape index (κ1) is 24.2. The van der Waals surface area contributed by atoms with Gasteiger partial charge < -0.3 is 30.1 Å². The second-order valence-corrected chi connectivity index (χ2v) is 7.57. The SMILES string of the molecule is CC[C@@H]([N-]c1c(Nc2cccc(C(=O)N(C)C)c2O)c(=O)c1=O)c1ccc2c(c1)OCO2.[Li+]. The Morgan fingerprint density at radius 2 is 1.88 bits per heavy atom. The fourth-order valence-electron chi connectivity index (χ4n) is 3.49. The van der Waals surface area contributed by atoms with E-state index in [0.29, 0.717) is 17.9 Å². The Labute approximate surface area is 202 Å². The number of carbonyl (C=O) groups excluding carboxylic acids is 1. The van der Waals surface area contributed by atoms with Gasteiger partial charge in [-0.25, -0.2) is 0 Å². The molecule has 1 aliphatic rings. The Bertz CT molecular complexity index is 1270. The normalized spacial score (nSPS) is 12.7. The van der Waals surface area contributed by atoms with Crippen molar-refractivity contribution in [1.82, 2.24) is 4.90 Å². The second-order valence-electron chi connectivity index (χ2n) is 7.57. The summed E-state index contributed by atoms with van der Waals surface area (Å²) in [4.78, 5) is 38.1. The Hall–Kier alpha value is -3.41. The minimum absolute atomic E-state index is 0. The van der Waals surface area contributed by atoms with Gasteiger partial charge in [-0.15, -0.1) is 0 Å². The molecule has 0 aromatic heterocycles. The zero-order valence-corrected chi connectivity index (χ0v) is 18.8. The van der Waals surface area contributed by atoms with E-state index in [0.717, 1.165) is 5.56 Å². The predicted molar refractivity (Wildman–Crippen MR) is 119 cm³/mol. The van der Waals surface area contributed by atoms with Crippen molar-refractivity contribution in [2.75, 3.05) is 26.2 Å². The van der Waals surface area contributed by atoms with E-state index in [9.17, 15) is 19.5 Å². The number of nitrogens with one attached hydrogen (secondary N) is 1. The molecule has 2 N–H and O–H groups in total. The maximum absolute atomic E-state index is 12.3. The van der Waals surface area contributed by atoms with Gasteiger partial charge >= 0.3 is 18.9 Å². The maximum atomic E-state index is 12.3. The summed E-state index contributed by atoms with van der Waals surface area (Å²) in [6, 6.07) is 9.60. The van der Waals surface area contributed by atoms with Crippen LogP contribution in [0.4, 0.5) is 17.1 Å². The number of hydrogen-bond donors (Lipinski definition) is 2. The van der Waals surface area contributed by atoms with Crippen molar-refractivity contribution in [3.05, 3.63) is 73.3 Å². The summed E-state index contributed by atoms with van der Waals surface area (Å²) in [6.45, 7) is 2.07. The Balaban J connectivity index is 0.00000306. The van der Waals surface area contributed by atoms with Gasteiger partial charge in [0.25, 0.3) is 5.91 Å². The average molecular weight is 443 g/mol. The number of ether oxygens (including phenoxy) is 2. The monoisotopic (exact) mass is 443 g/mol. The van der Waals surface area contributed by atoms with E-state index in [1.165, 1.54) is 17.0 Å². The van der Waals surface area contributed by atoms with Gasteiger partial charge in [0, 0.05) is 14.1 Å². The van der Waals surface area contributed by atoms with Crippen LogP contribution in [-0.4, -0.2) is 36.8 Å². The third kappa shape index (κ3) is 4.42. The van der Waals surface area contributed by atoms with Crippen LogP contribution in [-0.2, 0) is 0 Å². The topological polar surface area (TPSA) is 119 Å². The summed E-state index contributed by atoms with van der Waals surface area (Å²) in [5.41, 5.74) is -0.416. The van der Waals surface area contributed by atoms with Crippen LogP contribution in [0.3, 0.4) is 0 Å². The van der Waals surface area contributed by atoms with Crippen LogP contribution >= 0.6 is 0 Å². The molecule has 33 heavy (non-hydrogen) atoms. The smallest absolute Gasteiger partial charge is 0.673 e. The first-order chi connectivity index (χ1) is 15.3. The maximum Gasteiger partial charge on any atom is 1.00 e. The van der Waals surface area contributed by atoms with Gasteiger partial charge in [-0.2, -0.15) is 0 Å². The Morgan fingerprint density at radius 3 is 2.58 bits per heavy atom. The fourth-order valence-corrected chi connectivity index (χ4v) is 3.49. The fraction of sp³-hybridized carbons (Fsp3) is 0.261. The van der Waals surface area contributed by atoms with Crippen molar-refractivity contribution < 1.29 is 38.2 Å². The summed E-state index contributed by atoms with van der Waals surface area (Å²) in [5, 5.41) is 17.8. The first-order valence-electron chi connectivity index (χ1n) is 10.1. The molecule has 9 nitrogen and oxygen atoms in total. The van der Waals surface area contributed by atoms with Gasteiger partial charge in [0.15, 0.2) is 17.2 Å². The van der Waals surface area contributed by atoms with Gasteiger partial charge in [-0.1, -0.05) is 42.8 Å². The molecule has 3 aromatic rings. The molecule has 10 heteroatoms. The molecule has 166 valence electrons. The van der Waals surface area contributed by atoms with Gasteiger partial charge in [0.1, 0.15) is 0 Å². The number of nitrogens with zero attached hydrogens (tertiary/aromatic N) is 2. The third-order valence-electron chi connectivity index (χ3n) is 5.27. The van der Waals surface area contributed by atoms with Crippen LogP contribution in [0.15, 0.2) is 46.0 Å². The van der Waals surface area contributed by atoms with E-state index >= 15 is 0 Å². The van der Waals surface area contributed by atoms with E-state index in [4.69, 9.17) is 9.47 Å². The number of carbonyl (C=O) groups is 1. The van der Waals surface area contributed by atoms with Crippen molar-refractivity contribution in [1.29, 1.82) is 0 Å². The van der Waals surface area contributed by atoms with Crippen molar-refractivity contribution in [3.8, 4) is 17.2 Å². The van der Waals surface area contributed by atoms with Crippen LogP contribution in [0, 0.1) is 0 Å². The molecular formula is C23H22LiN3O6. The summed E-state index contributed by atoms with van der Waals surface area (Å²) in [6.07, 6.45) is 0.579. The van der Waals surface area contributed by atoms with Crippen LogP contribution in [0.5, 0.6) is 17.2 Å². The predicted octanol–water partition coefficient (Wildman–Crippen LogP) is 0.323. The molecule has 1 aliphatic heterocycles. The number of phenols is 1. The van der Waals surface area contributed by atoms with Gasteiger partial charge in [-0.05, 0) is 24.3 Å². The molecule has 0 spiro atoms. The molecule has 0 fully saturated rings. The van der Waals surface area contributed by atoms with Crippen LogP contribution in [0.25, 0.3) is 5.32 Å². The summed E-state index contributed by atoms with van der Waals surface area (Å²) < 4.78 is 10.7. The summed E-state index contributed by atoms with van der Waals surface area (Å²) in [7, 11) is 3.13. The second kappa shape index (κ2) is 9.61. The standard InChI is InChI=1S/C23H23N3O6.Li/c1-4-14(12-8-9-16-17(10-12)32-11-31-16)24-18-19(22(29)21(18)28)25-15-7-5-6-13(20(15)27)23(30)26(2)3;/h5-10,14H,4,11H2,1-3H3,(H3,24,25,27,28,29,30);/q;+1/p-1/t14-;/m1./s1. The average Bonchev–Trinajstić information content (AvgIpc) is 3.26. The molecule has 4 rings (SSSR count). The molecule has 3 aromatic carbocycles. The number of aromatic hydroxyl groups is 1. The molecule has 0 saturated heterocycles. The van der Waals surface area contributed by atoms with Gasteiger partial charge in [0.05, 0.1) is 16.9 Å². The molecule has 0 unspecified atom stereocenters. The van der Waals surface area contributed by atoms with E-state index in [-0.39, 0.29) is 60.1 Å². The molecule has 0 saturated carbocycles. The number of rotatable bonds is 7. The molecule has 1 atom stereocenters. The quantitative estimate of drug-likeness (QED) is 0.307. The largest absolute Gasteiger partial charge is 1.00 e. The number of phenolic OH excluding ortho intramolecular Hbond substituents is 1. The van der Waals surface area contributed by atoms with Crippen LogP contribution in [0.1, 0.15) is 35.3 Å². The summed E-state index contributed by atoms with van der Waals surface area (Å²) >= 11 is 0. The van der Waals surface area contributed by atoms with Crippen LogP contribution < -0.4 is 44.5 Å². The van der Waals surface area contributed by atoms with Crippen LogP contribution in [0.2, 0.25) is 0 Å². The number of benzene rings is 2. The zero-order chi connectivity index (χ0) is 23.0.